The molecule has 0 aromatic heterocycles. The molecule has 2 aromatic rings. The zero-order valence-corrected chi connectivity index (χ0v) is 23.4. The predicted molar refractivity (Wildman–Crippen MR) is 146 cm³/mol. The minimum atomic E-state index is -1.56. The van der Waals surface area contributed by atoms with E-state index >= 15 is 0 Å². The Balaban J connectivity index is 2.26. The van der Waals surface area contributed by atoms with Crippen LogP contribution in [0.2, 0.25) is 10.0 Å². The molecule has 1 amide bonds. The van der Waals surface area contributed by atoms with Crippen LogP contribution in [0.15, 0.2) is 61.2 Å². The lowest BCUT2D eigenvalue weighted by Crippen LogP contribution is -2.57. The highest BCUT2D eigenvalue weighted by molar-refractivity contribution is 7.80. The Morgan fingerprint density at radius 2 is 1.77 bits per heavy atom. The number of benzene rings is 2. The number of carbonyl (C=O) groups excluding carboxylic acids is 1. The zero-order chi connectivity index (χ0) is 25.9. The number of allylic oxidation sites excluding steroid dienone is 1. The van der Waals surface area contributed by atoms with Gasteiger partial charge in [0.2, 0.25) is 5.91 Å². The summed E-state index contributed by atoms with van der Waals surface area (Å²) in [6, 6.07) is 15.0. The van der Waals surface area contributed by atoms with E-state index in [1.54, 1.807) is 6.08 Å². The van der Waals surface area contributed by atoms with Gasteiger partial charge in [-0.3, -0.25) is 8.98 Å². The summed E-state index contributed by atoms with van der Waals surface area (Å²) in [5, 5.41) is 1.06. The molecule has 0 radical (unpaired) electrons. The average Bonchev–Trinajstić information content (AvgIpc) is 2.80. The molecule has 1 unspecified atom stereocenters. The molecule has 2 aromatic carbocycles. The van der Waals surface area contributed by atoms with E-state index in [9.17, 15) is 9.00 Å². The molecule has 0 bridgehead atoms. The number of nitrogens with zero attached hydrogens (tertiary/aromatic N) is 1. The molecular formula is C28H35Cl2NO3S. The van der Waals surface area contributed by atoms with Crippen molar-refractivity contribution in [3.63, 3.8) is 0 Å². The number of hydrogen-bond acceptors (Lipinski definition) is 3. The van der Waals surface area contributed by atoms with E-state index in [2.05, 4.69) is 12.6 Å². The smallest absolute Gasteiger partial charge is 0.231 e. The summed E-state index contributed by atoms with van der Waals surface area (Å²) < 4.78 is 19.0. The van der Waals surface area contributed by atoms with Crippen molar-refractivity contribution in [3.8, 4) is 0 Å². The van der Waals surface area contributed by atoms with Crippen molar-refractivity contribution >= 4 is 40.2 Å². The molecule has 0 N–H and O–H groups in total. The third kappa shape index (κ3) is 6.19. The molecule has 7 heteroatoms. The Morgan fingerprint density at radius 3 is 2.31 bits per heavy atom. The molecule has 1 fully saturated rings. The number of likely N-dealkylation sites (tertiary alicyclic amines) is 1. The Morgan fingerprint density at radius 1 is 1.11 bits per heavy atom. The number of hydrogen-bond donors (Lipinski definition) is 0. The van der Waals surface area contributed by atoms with E-state index in [1.165, 1.54) is 0 Å². The highest BCUT2D eigenvalue weighted by Crippen LogP contribution is 2.52. The highest BCUT2D eigenvalue weighted by Gasteiger charge is 2.52. The second kappa shape index (κ2) is 11.6. The maximum atomic E-state index is 14.3. The summed E-state index contributed by atoms with van der Waals surface area (Å²) in [5.74, 6) is -0.201. The molecule has 35 heavy (non-hydrogen) atoms. The largest absolute Gasteiger partial charge is 0.307 e. The van der Waals surface area contributed by atoms with Crippen LogP contribution in [0, 0.1) is 11.3 Å². The van der Waals surface area contributed by atoms with Crippen molar-refractivity contribution in [3.05, 3.63) is 82.4 Å². The topological polar surface area (TPSA) is 46.6 Å². The second-order valence-electron chi connectivity index (χ2n) is 10.2. The average molecular weight is 537 g/mol. The molecule has 5 atom stereocenters. The van der Waals surface area contributed by atoms with Crippen molar-refractivity contribution in [2.45, 2.75) is 70.9 Å². The quantitative estimate of drug-likeness (QED) is 0.309. The van der Waals surface area contributed by atoms with Crippen LogP contribution in [0.1, 0.15) is 70.5 Å². The van der Waals surface area contributed by atoms with Crippen LogP contribution in [-0.2, 0) is 20.1 Å². The highest BCUT2D eigenvalue weighted by atomic mass is 35.5. The first kappa shape index (κ1) is 27.9. The van der Waals surface area contributed by atoms with E-state index in [4.69, 9.17) is 27.4 Å². The Bertz CT molecular complexity index is 1070. The Kier molecular flexibility index (Phi) is 9.25. The molecule has 1 heterocycles. The fourth-order valence-electron chi connectivity index (χ4n) is 4.86. The van der Waals surface area contributed by atoms with Gasteiger partial charge in [-0.15, -0.1) is 6.58 Å². The van der Waals surface area contributed by atoms with Crippen LogP contribution >= 0.6 is 23.2 Å². The van der Waals surface area contributed by atoms with Gasteiger partial charge in [-0.2, -0.15) is 0 Å². The van der Waals surface area contributed by atoms with Gasteiger partial charge in [-0.25, -0.2) is 4.21 Å². The van der Waals surface area contributed by atoms with Gasteiger partial charge in [-0.1, -0.05) is 74.3 Å². The SMILES string of the molecule is C=CC[C@@]1(C)C[C@H](c2cccc(Cl)c2)[C@@H](c2ccc(Cl)cc2)N([C@H](OS(=O)C(C)C)C(C)C)C1=O. The first-order valence-corrected chi connectivity index (χ1v) is 13.9. The van der Waals surface area contributed by atoms with Crippen molar-refractivity contribution in [2.24, 2.45) is 11.3 Å². The van der Waals surface area contributed by atoms with Gasteiger partial charge in [-0.05, 0) is 68.0 Å². The number of carbonyl (C=O) groups is 1. The molecule has 190 valence electrons. The lowest BCUT2D eigenvalue weighted by atomic mass is 9.67. The van der Waals surface area contributed by atoms with E-state index in [-0.39, 0.29) is 29.0 Å². The van der Waals surface area contributed by atoms with Gasteiger partial charge in [0.05, 0.1) is 16.7 Å². The second-order valence-corrected chi connectivity index (χ2v) is 12.7. The molecule has 4 nitrogen and oxygen atoms in total. The molecule has 0 aliphatic carbocycles. The van der Waals surface area contributed by atoms with E-state index < -0.39 is 22.7 Å². The fraction of sp³-hybridized carbons (Fsp3) is 0.464. The third-order valence-electron chi connectivity index (χ3n) is 6.61. The van der Waals surface area contributed by atoms with E-state index in [0.717, 1.165) is 11.1 Å². The molecule has 0 saturated carbocycles. The first-order valence-electron chi connectivity index (χ1n) is 12.0. The maximum absolute atomic E-state index is 14.3. The van der Waals surface area contributed by atoms with Gasteiger partial charge in [0.1, 0.15) is 0 Å². The van der Waals surface area contributed by atoms with Gasteiger partial charge < -0.3 is 4.90 Å². The van der Waals surface area contributed by atoms with Gasteiger partial charge in [0.25, 0.3) is 0 Å². The van der Waals surface area contributed by atoms with Crippen LogP contribution < -0.4 is 0 Å². The number of amides is 1. The molecule has 0 spiro atoms. The summed E-state index contributed by atoms with van der Waals surface area (Å²) >= 11 is 11.1. The summed E-state index contributed by atoms with van der Waals surface area (Å²) in [6.07, 6.45) is 2.24. The Labute approximate surface area is 222 Å². The molecule has 1 saturated heterocycles. The van der Waals surface area contributed by atoms with Crippen LogP contribution in [0.5, 0.6) is 0 Å². The third-order valence-corrected chi connectivity index (χ3v) is 8.25. The summed E-state index contributed by atoms with van der Waals surface area (Å²) in [4.78, 5) is 16.1. The lowest BCUT2D eigenvalue weighted by molar-refractivity contribution is -0.166. The normalized spacial score (nSPS) is 24.6. The summed E-state index contributed by atoms with van der Waals surface area (Å²) in [7, 11) is 0. The minimum absolute atomic E-state index is 0.0323. The zero-order valence-electron chi connectivity index (χ0n) is 21.0. The molecule has 1 aliphatic rings. The van der Waals surface area contributed by atoms with E-state index in [1.807, 2.05) is 82.0 Å². The van der Waals surface area contributed by atoms with Gasteiger partial charge in [0, 0.05) is 16.0 Å². The van der Waals surface area contributed by atoms with Gasteiger partial charge in [0.15, 0.2) is 17.3 Å². The number of halogens is 2. The van der Waals surface area contributed by atoms with Gasteiger partial charge >= 0.3 is 0 Å². The van der Waals surface area contributed by atoms with Crippen LogP contribution in [0.4, 0.5) is 0 Å². The number of piperidine rings is 1. The monoisotopic (exact) mass is 535 g/mol. The van der Waals surface area contributed by atoms with Crippen LogP contribution in [0.25, 0.3) is 0 Å². The predicted octanol–water partition coefficient (Wildman–Crippen LogP) is 7.70. The van der Waals surface area contributed by atoms with Crippen molar-refractivity contribution < 1.29 is 13.2 Å². The first-order chi connectivity index (χ1) is 16.5. The van der Waals surface area contributed by atoms with Crippen molar-refractivity contribution in [1.82, 2.24) is 4.90 Å². The Hall–Kier alpha value is -1.66. The molecule has 1 aliphatic heterocycles. The summed E-state index contributed by atoms with van der Waals surface area (Å²) in [6.45, 7) is 13.6. The molecular weight excluding hydrogens is 501 g/mol. The maximum Gasteiger partial charge on any atom is 0.231 e. The van der Waals surface area contributed by atoms with Crippen LogP contribution in [-0.4, -0.2) is 26.5 Å². The van der Waals surface area contributed by atoms with Crippen LogP contribution in [0.3, 0.4) is 0 Å². The number of rotatable bonds is 9. The fourth-order valence-corrected chi connectivity index (χ4v) is 5.91. The standard InChI is InChI=1S/C28H35Cl2NO3S/c1-7-15-28(6)17-24(21-9-8-10-23(30)16-21)25(20-11-13-22(29)14-12-20)31(27(28)32)26(18(2)3)34-35(33)19(4)5/h7-14,16,18-19,24-26H,1,15,17H2,2-6H3/t24-,25-,26-,28+,35?/m1/s1. The molecule has 3 rings (SSSR count). The van der Waals surface area contributed by atoms with E-state index in [0.29, 0.717) is 22.9 Å². The summed E-state index contributed by atoms with van der Waals surface area (Å²) in [5.41, 5.74) is 1.28. The van der Waals surface area contributed by atoms with Crippen molar-refractivity contribution in [1.29, 1.82) is 0 Å². The van der Waals surface area contributed by atoms with Crippen molar-refractivity contribution in [2.75, 3.05) is 0 Å². The lowest BCUT2D eigenvalue weighted by Gasteiger charge is -2.52. The minimum Gasteiger partial charge on any atom is -0.307 e.